The van der Waals surface area contributed by atoms with Gasteiger partial charge >= 0.3 is 5.97 Å². The fraction of sp³-hybridized carbons (Fsp3) is 0.462. The molecule has 1 heterocycles. The largest absolute Gasteiger partial charge is 0.492 e. The number of carboxylic acid groups (broad SMARTS) is 1. The minimum atomic E-state index is -3.89. The summed E-state index contributed by atoms with van der Waals surface area (Å²) in [5, 5.41) is 8.90. The molecule has 0 amide bonds. The van der Waals surface area contributed by atoms with Crippen LogP contribution in [0.5, 0.6) is 5.75 Å². The first-order chi connectivity index (χ1) is 9.34. The number of benzene rings is 1. The van der Waals surface area contributed by atoms with Crippen molar-refractivity contribution in [3.63, 3.8) is 0 Å². The van der Waals surface area contributed by atoms with Crippen molar-refractivity contribution in [1.82, 2.24) is 4.31 Å². The van der Waals surface area contributed by atoms with E-state index in [1.165, 1.54) is 6.07 Å². The lowest BCUT2D eigenvalue weighted by Gasteiger charge is -2.24. The van der Waals surface area contributed by atoms with Crippen molar-refractivity contribution >= 4 is 16.0 Å². The fourth-order valence-electron chi connectivity index (χ4n) is 2.19. The zero-order valence-corrected chi connectivity index (χ0v) is 12.2. The third-order valence-corrected chi connectivity index (χ3v) is 5.18. The van der Waals surface area contributed by atoms with Crippen LogP contribution in [0.25, 0.3) is 0 Å². The van der Waals surface area contributed by atoms with Gasteiger partial charge in [-0.2, -0.15) is 4.31 Å². The summed E-state index contributed by atoms with van der Waals surface area (Å²) in [6.45, 7) is 3.17. The molecule has 0 aromatic heterocycles. The Bertz CT molecular complexity index is 624. The summed E-state index contributed by atoms with van der Waals surface area (Å²) in [6, 6.07) is 4.47. The molecule has 0 saturated heterocycles. The third-order valence-electron chi connectivity index (χ3n) is 3.13. The monoisotopic (exact) mass is 299 g/mol. The predicted molar refractivity (Wildman–Crippen MR) is 72.3 cm³/mol. The molecule has 0 bridgehead atoms. The number of carboxylic acids is 1. The van der Waals surface area contributed by atoms with Crippen LogP contribution in [-0.4, -0.2) is 43.0 Å². The molecular weight excluding hydrogens is 282 g/mol. The zero-order chi connectivity index (χ0) is 14.9. The van der Waals surface area contributed by atoms with Gasteiger partial charge in [-0.25, -0.2) is 8.42 Å². The second kappa shape index (κ2) is 5.41. The zero-order valence-electron chi connectivity index (χ0n) is 11.4. The van der Waals surface area contributed by atoms with E-state index in [-0.39, 0.29) is 4.90 Å². The highest BCUT2D eigenvalue weighted by Crippen LogP contribution is 2.34. The molecule has 2 rings (SSSR count). The Hall–Kier alpha value is -1.60. The van der Waals surface area contributed by atoms with E-state index >= 15 is 0 Å². The number of nitrogens with zero attached hydrogens (tertiary/aromatic N) is 1. The summed E-state index contributed by atoms with van der Waals surface area (Å²) in [5.41, 5.74) is 0.838. The molecular formula is C13H17NO5S. The van der Waals surface area contributed by atoms with Gasteiger partial charge in [-0.15, -0.1) is 0 Å². The van der Waals surface area contributed by atoms with Gasteiger partial charge in [0.25, 0.3) is 0 Å². The Labute approximate surface area is 118 Å². The van der Waals surface area contributed by atoms with Crippen LogP contribution in [0.15, 0.2) is 23.1 Å². The summed E-state index contributed by atoms with van der Waals surface area (Å²) >= 11 is 0. The van der Waals surface area contributed by atoms with Crippen molar-refractivity contribution in [3.8, 4) is 5.75 Å². The number of ether oxygens (including phenoxy) is 1. The van der Waals surface area contributed by atoms with Gasteiger partial charge in [0, 0.05) is 12.5 Å². The molecule has 1 N–H and O–H groups in total. The molecule has 0 radical (unpaired) electrons. The lowest BCUT2D eigenvalue weighted by molar-refractivity contribution is -0.137. The van der Waals surface area contributed by atoms with Gasteiger partial charge in [-0.3, -0.25) is 4.79 Å². The van der Waals surface area contributed by atoms with E-state index in [1.54, 1.807) is 19.9 Å². The van der Waals surface area contributed by atoms with E-state index in [2.05, 4.69) is 0 Å². The van der Waals surface area contributed by atoms with Crippen molar-refractivity contribution in [1.29, 1.82) is 0 Å². The average Bonchev–Trinajstić information content (AvgIpc) is 2.82. The van der Waals surface area contributed by atoms with Crippen LogP contribution in [0.1, 0.15) is 19.4 Å². The first-order valence-electron chi connectivity index (χ1n) is 6.32. The molecule has 110 valence electrons. The molecule has 1 aromatic carbocycles. The van der Waals surface area contributed by atoms with E-state index in [1.807, 2.05) is 6.07 Å². The molecule has 1 aromatic rings. The molecule has 6 nitrogen and oxygen atoms in total. The van der Waals surface area contributed by atoms with E-state index in [9.17, 15) is 13.2 Å². The second-order valence-electron chi connectivity index (χ2n) is 4.88. The first kappa shape index (κ1) is 14.8. The number of para-hydroxylation sites is 1. The highest BCUT2D eigenvalue weighted by atomic mass is 32.2. The van der Waals surface area contributed by atoms with Crippen molar-refractivity contribution < 1.29 is 23.1 Å². The molecule has 0 fully saturated rings. The molecule has 0 unspecified atom stereocenters. The van der Waals surface area contributed by atoms with Gasteiger partial charge in [-0.1, -0.05) is 12.1 Å². The van der Waals surface area contributed by atoms with Gasteiger partial charge < -0.3 is 9.84 Å². The van der Waals surface area contributed by atoms with Gasteiger partial charge in [0.05, 0.1) is 6.61 Å². The smallest absolute Gasteiger partial charge is 0.318 e. The molecule has 7 heteroatoms. The number of carbonyl (C=O) groups is 1. The summed E-state index contributed by atoms with van der Waals surface area (Å²) < 4.78 is 31.7. The van der Waals surface area contributed by atoms with Gasteiger partial charge in [0.1, 0.15) is 17.2 Å². The van der Waals surface area contributed by atoms with E-state index in [0.717, 1.165) is 9.87 Å². The molecule has 0 atom stereocenters. The Kier molecular flexibility index (Phi) is 4.01. The van der Waals surface area contributed by atoms with Crippen LogP contribution in [0.3, 0.4) is 0 Å². The molecule has 1 aliphatic heterocycles. The number of rotatable bonds is 5. The summed E-state index contributed by atoms with van der Waals surface area (Å²) in [6.07, 6.45) is 0.666. The van der Waals surface area contributed by atoms with Crippen molar-refractivity contribution in [2.45, 2.75) is 31.2 Å². The van der Waals surface area contributed by atoms with Crippen LogP contribution in [0.4, 0.5) is 0 Å². The van der Waals surface area contributed by atoms with Crippen LogP contribution < -0.4 is 4.74 Å². The Morgan fingerprint density at radius 1 is 1.45 bits per heavy atom. The van der Waals surface area contributed by atoms with Crippen LogP contribution in [0, 0.1) is 0 Å². The lowest BCUT2D eigenvalue weighted by atomic mass is 10.2. The molecule has 0 aliphatic carbocycles. The normalized spacial score (nSPS) is 14.4. The van der Waals surface area contributed by atoms with Crippen LogP contribution in [-0.2, 0) is 21.2 Å². The SMILES string of the molecule is CC(C)N(CC(=O)O)S(=O)(=O)c1cccc2c1OCC2. The number of aliphatic carboxylic acids is 1. The van der Waals surface area contributed by atoms with E-state index in [4.69, 9.17) is 9.84 Å². The lowest BCUT2D eigenvalue weighted by Crippen LogP contribution is -2.40. The molecule has 20 heavy (non-hydrogen) atoms. The fourth-order valence-corrected chi connectivity index (χ4v) is 3.96. The van der Waals surface area contributed by atoms with E-state index < -0.39 is 28.6 Å². The first-order valence-corrected chi connectivity index (χ1v) is 7.76. The molecule has 0 saturated carbocycles. The van der Waals surface area contributed by atoms with Crippen LogP contribution >= 0.6 is 0 Å². The highest BCUT2D eigenvalue weighted by molar-refractivity contribution is 7.89. The number of sulfonamides is 1. The number of hydrogen-bond acceptors (Lipinski definition) is 4. The van der Waals surface area contributed by atoms with Crippen LogP contribution in [0.2, 0.25) is 0 Å². The minimum Gasteiger partial charge on any atom is -0.492 e. The standard InChI is InChI=1S/C13H17NO5S/c1-9(2)14(8-12(15)16)20(17,18)11-5-3-4-10-6-7-19-13(10)11/h3-5,9H,6-8H2,1-2H3,(H,15,16). The Balaban J connectivity index is 2.49. The number of fused-ring (bicyclic) bond motifs is 1. The van der Waals surface area contributed by atoms with E-state index in [0.29, 0.717) is 18.8 Å². The van der Waals surface area contributed by atoms with Crippen molar-refractivity contribution in [2.75, 3.05) is 13.2 Å². The topological polar surface area (TPSA) is 83.9 Å². The maximum atomic E-state index is 12.7. The maximum absolute atomic E-state index is 12.7. The Morgan fingerprint density at radius 2 is 2.15 bits per heavy atom. The van der Waals surface area contributed by atoms with Gasteiger partial charge in [-0.05, 0) is 25.5 Å². The summed E-state index contributed by atoms with van der Waals surface area (Å²) in [5.74, 6) is -0.834. The third kappa shape index (κ3) is 2.64. The quantitative estimate of drug-likeness (QED) is 0.880. The molecule has 0 spiro atoms. The second-order valence-corrected chi connectivity index (χ2v) is 6.74. The van der Waals surface area contributed by atoms with Crippen molar-refractivity contribution in [3.05, 3.63) is 23.8 Å². The predicted octanol–water partition coefficient (Wildman–Crippen LogP) is 1.11. The number of hydrogen-bond donors (Lipinski definition) is 1. The Morgan fingerprint density at radius 3 is 2.75 bits per heavy atom. The summed E-state index contributed by atoms with van der Waals surface area (Å²) in [4.78, 5) is 10.9. The average molecular weight is 299 g/mol. The van der Waals surface area contributed by atoms with Gasteiger partial charge in [0.15, 0.2) is 0 Å². The summed E-state index contributed by atoms with van der Waals surface area (Å²) in [7, 11) is -3.89. The van der Waals surface area contributed by atoms with Crippen molar-refractivity contribution in [2.24, 2.45) is 0 Å². The minimum absolute atomic E-state index is 0.0439. The highest BCUT2D eigenvalue weighted by Gasteiger charge is 2.33. The maximum Gasteiger partial charge on any atom is 0.318 e. The molecule has 1 aliphatic rings. The van der Waals surface area contributed by atoms with Gasteiger partial charge in [0.2, 0.25) is 10.0 Å².